The lowest BCUT2D eigenvalue weighted by Gasteiger charge is -2.06. The largest absolute Gasteiger partial charge is 0.504 e. The molecule has 116 valence electrons. The molecule has 0 unspecified atom stereocenters. The highest BCUT2D eigenvalue weighted by molar-refractivity contribution is 5.81. The molecule has 3 nitrogen and oxygen atoms in total. The zero-order chi connectivity index (χ0) is 16.2. The molecule has 0 aliphatic rings. The van der Waals surface area contributed by atoms with E-state index in [9.17, 15) is 5.11 Å². The number of phenolic OH excluding ortho intramolecular Hbond substituents is 1. The number of benzene rings is 2. The van der Waals surface area contributed by atoms with Crippen molar-refractivity contribution in [2.45, 2.75) is 13.8 Å². The molecule has 0 radical (unpaired) electrons. The van der Waals surface area contributed by atoms with Gasteiger partial charge in [0.2, 0.25) is 0 Å². The highest BCUT2D eigenvalue weighted by atomic mass is 16.5. The number of rotatable bonds is 4. The fourth-order valence-corrected chi connectivity index (χ4v) is 2.44. The van der Waals surface area contributed by atoms with Gasteiger partial charge in [0.05, 0.1) is 17.8 Å². The summed E-state index contributed by atoms with van der Waals surface area (Å²) in [5.41, 5.74) is 4.07. The van der Waals surface area contributed by atoms with E-state index in [1.54, 1.807) is 6.07 Å². The predicted molar refractivity (Wildman–Crippen MR) is 94.7 cm³/mol. The standard InChI is InChI=1S/C20H19NO2/c1-3-23-20-13-15(6-11-19(20)22)5-8-17-9-7-16-12-14(2)4-10-18(16)21-17/h4-13,22H,3H2,1-2H3/b8-5+. The molecule has 3 heteroatoms. The normalized spacial score (nSPS) is 11.2. The van der Waals surface area contributed by atoms with Crippen LogP contribution < -0.4 is 4.74 Å². The van der Waals surface area contributed by atoms with Crippen molar-refractivity contribution >= 4 is 23.1 Å². The summed E-state index contributed by atoms with van der Waals surface area (Å²) in [6.07, 6.45) is 3.92. The molecular formula is C20H19NO2. The summed E-state index contributed by atoms with van der Waals surface area (Å²) < 4.78 is 5.40. The molecule has 0 aliphatic carbocycles. The molecule has 3 aromatic rings. The fraction of sp³-hybridized carbons (Fsp3) is 0.150. The molecule has 2 aromatic carbocycles. The van der Waals surface area contributed by atoms with Gasteiger partial charge in [-0.1, -0.05) is 29.8 Å². The summed E-state index contributed by atoms with van der Waals surface area (Å²) in [7, 11) is 0. The molecule has 3 rings (SSSR count). The minimum atomic E-state index is 0.156. The van der Waals surface area contributed by atoms with Gasteiger partial charge < -0.3 is 9.84 Å². The quantitative estimate of drug-likeness (QED) is 0.751. The number of hydrogen-bond acceptors (Lipinski definition) is 3. The first-order chi connectivity index (χ1) is 11.2. The molecule has 1 heterocycles. The van der Waals surface area contributed by atoms with E-state index in [0.29, 0.717) is 12.4 Å². The van der Waals surface area contributed by atoms with E-state index < -0.39 is 0 Å². The number of aryl methyl sites for hydroxylation is 1. The third kappa shape index (κ3) is 3.51. The second-order valence-corrected chi connectivity index (χ2v) is 5.43. The van der Waals surface area contributed by atoms with Crippen molar-refractivity contribution in [1.29, 1.82) is 0 Å². The van der Waals surface area contributed by atoms with Crippen molar-refractivity contribution in [3.63, 3.8) is 0 Å². The second-order valence-electron chi connectivity index (χ2n) is 5.43. The number of nitrogens with zero attached hydrogens (tertiary/aromatic N) is 1. The number of aromatic hydroxyl groups is 1. The van der Waals surface area contributed by atoms with Gasteiger partial charge in [-0.15, -0.1) is 0 Å². The first-order valence-electron chi connectivity index (χ1n) is 7.67. The first-order valence-corrected chi connectivity index (χ1v) is 7.67. The Kier molecular flexibility index (Phi) is 4.29. The van der Waals surface area contributed by atoms with E-state index in [2.05, 4.69) is 30.1 Å². The van der Waals surface area contributed by atoms with Crippen LogP contribution in [0.5, 0.6) is 11.5 Å². The van der Waals surface area contributed by atoms with Crippen LogP contribution in [0, 0.1) is 6.92 Å². The molecule has 1 N–H and O–H groups in total. The van der Waals surface area contributed by atoms with Crippen molar-refractivity contribution in [1.82, 2.24) is 4.98 Å². The first kappa shape index (κ1) is 15.1. The zero-order valence-corrected chi connectivity index (χ0v) is 13.3. The molecule has 0 amide bonds. The van der Waals surface area contributed by atoms with Gasteiger partial charge in [-0.25, -0.2) is 4.98 Å². The Hall–Kier alpha value is -2.81. The van der Waals surface area contributed by atoms with E-state index in [-0.39, 0.29) is 5.75 Å². The molecule has 1 aromatic heterocycles. The van der Waals surface area contributed by atoms with Crippen LogP contribution in [0.15, 0.2) is 48.5 Å². The van der Waals surface area contributed by atoms with E-state index in [0.717, 1.165) is 22.2 Å². The van der Waals surface area contributed by atoms with Gasteiger partial charge in [0.15, 0.2) is 11.5 Å². The fourth-order valence-electron chi connectivity index (χ4n) is 2.44. The molecule has 0 spiro atoms. The summed E-state index contributed by atoms with van der Waals surface area (Å²) >= 11 is 0. The van der Waals surface area contributed by atoms with Gasteiger partial charge in [-0.05, 0) is 55.8 Å². The average molecular weight is 305 g/mol. The van der Waals surface area contributed by atoms with Crippen LogP contribution in [0.4, 0.5) is 0 Å². The number of fused-ring (bicyclic) bond motifs is 1. The maximum Gasteiger partial charge on any atom is 0.161 e. The topological polar surface area (TPSA) is 42.4 Å². The number of hydrogen-bond donors (Lipinski definition) is 1. The highest BCUT2D eigenvalue weighted by Crippen LogP contribution is 2.27. The number of pyridine rings is 1. The summed E-state index contributed by atoms with van der Waals surface area (Å²) in [5.74, 6) is 0.653. The van der Waals surface area contributed by atoms with Gasteiger partial charge in [0.25, 0.3) is 0 Å². The molecular weight excluding hydrogens is 286 g/mol. The van der Waals surface area contributed by atoms with Gasteiger partial charge >= 0.3 is 0 Å². The lowest BCUT2D eigenvalue weighted by atomic mass is 10.1. The highest BCUT2D eigenvalue weighted by Gasteiger charge is 2.02. The van der Waals surface area contributed by atoms with Crippen molar-refractivity contribution < 1.29 is 9.84 Å². The van der Waals surface area contributed by atoms with Gasteiger partial charge in [-0.3, -0.25) is 0 Å². The van der Waals surface area contributed by atoms with Crippen LogP contribution in [0.3, 0.4) is 0 Å². The summed E-state index contributed by atoms with van der Waals surface area (Å²) in [6.45, 7) is 4.49. The summed E-state index contributed by atoms with van der Waals surface area (Å²) in [5, 5.41) is 10.9. The Morgan fingerprint density at radius 1 is 1.04 bits per heavy atom. The third-order valence-corrected chi connectivity index (χ3v) is 3.60. The lowest BCUT2D eigenvalue weighted by molar-refractivity contribution is 0.318. The van der Waals surface area contributed by atoms with Crippen molar-refractivity contribution in [2.24, 2.45) is 0 Å². The van der Waals surface area contributed by atoms with Crippen molar-refractivity contribution in [2.75, 3.05) is 6.61 Å². The Morgan fingerprint density at radius 3 is 2.74 bits per heavy atom. The second kappa shape index (κ2) is 6.53. The molecule has 0 saturated carbocycles. The van der Waals surface area contributed by atoms with Crippen LogP contribution in [-0.2, 0) is 0 Å². The maximum absolute atomic E-state index is 9.73. The van der Waals surface area contributed by atoms with Crippen LogP contribution in [0.1, 0.15) is 23.7 Å². The summed E-state index contributed by atoms with van der Waals surface area (Å²) in [6, 6.07) is 15.6. The van der Waals surface area contributed by atoms with Crippen LogP contribution in [0.25, 0.3) is 23.1 Å². The van der Waals surface area contributed by atoms with E-state index >= 15 is 0 Å². The molecule has 0 atom stereocenters. The summed E-state index contributed by atoms with van der Waals surface area (Å²) in [4.78, 5) is 4.64. The Morgan fingerprint density at radius 2 is 1.91 bits per heavy atom. The maximum atomic E-state index is 9.73. The van der Waals surface area contributed by atoms with Gasteiger partial charge in [0.1, 0.15) is 0 Å². The number of ether oxygens (including phenoxy) is 1. The van der Waals surface area contributed by atoms with E-state index in [1.807, 2.05) is 43.3 Å². The molecule has 0 fully saturated rings. The predicted octanol–water partition coefficient (Wildman–Crippen LogP) is 4.82. The molecule has 0 aliphatic heterocycles. The SMILES string of the molecule is CCOc1cc(/C=C/c2ccc3cc(C)ccc3n2)ccc1O. The minimum Gasteiger partial charge on any atom is -0.504 e. The van der Waals surface area contributed by atoms with Gasteiger partial charge in [0, 0.05) is 5.39 Å². The van der Waals surface area contributed by atoms with E-state index in [1.165, 1.54) is 5.56 Å². The van der Waals surface area contributed by atoms with Gasteiger partial charge in [-0.2, -0.15) is 0 Å². The van der Waals surface area contributed by atoms with Crippen LogP contribution >= 0.6 is 0 Å². The third-order valence-electron chi connectivity index (χ3n) is 3.60. The van der Waals surface area contributed by atoms with Crippen LogP contribution in [0.2, 0.25) is 0 Å². The Bertz CT molecular complexity index is 869. The van der Waals surface area contributed by atoms with Crippen LogP contribution in [-0.4, -0.2) is 16.7 Å². The number of phenols is 1. The molecule has 23 heavy (non-hydrogen) atoms. The van der Waals surface area contributed by atoms with E-state index in [4.69, 9.17) is 4.74 Å². The Balaban J connectivity index is 1.87. The van der Waals surface area contributed by atoms with Crippen molar-refractivity contribution in [3.8, 4) is 11.5 Å². The average Bonchev–Trinajstić information content (AvgIpc) is 2.55. The monoisotopic (exact) mass is 305 g/mol. The molecule has 0 saturated heterocycles. The smallest absolute Gasteiger partial charge is 0.161 e. The van der Waals surface area contributed by atoms with Crippen molar-refractivity contribution in [3.05, 3.63) is 65.4 Å². The molecule has 0 bridgehead atoms. The number of aromatic nitrogens is 1. The zero-order valence-electron chi connectivity index (χ0n) is 13.3. The lowest BCUT2D eigenvalue weighted by Crippen LogP contribution is -1.92. The minimum absolute atomic E-state index is 0.156. The Labute approximate surface area is 135 Å².